The van der Waals surface area contributed by atoms with Crippen molar-refractivity contribution < 1.29 is 47.6 Å². The zero-order valence-corrected chi connectivity index (χ0v) is 38.8. The van der Waals surface area contributed by atoms with E-state index in [0.717, 1.165) is 55.5 Å². The van der Waals surface area contributed by atoms with Crippen LogP contribution in [-0.4, -0.2) is 133 Å². The van der Waals surface area contributed by atoms with Crippen LogP contribution in [0, 0.1) is 11.8 Å². The van der Waals surface area contributed by atoms with Gasteiger partial charge in [-0.3, -0.25) is 9.59 Å². The molecule has 2 aromatic heterocycles. The maximum atomic E-state index is 14.3. The lowest BCUT2D eigenvalue weighted by Crippen LogP contribution is -2.54. The number of fused-ring (bicyclic) bond motifs is 6. The molecule has 0 spiro atoms. The SMILES string of the molecule is CC[C@@H](OC)[C@H](NC(=O)OC)C(=O)N1C[C@@H](C)C[C@H]1c1ncc(-c2ccc3c(c2)COc2cc4c(ccc5nc([C@@H]6C[C@H](COC)CN6C(=O)[C@@H](NC(=O)OC)[C@@H](CC)OC)[nH]c54)cc2-3)[nH]1. The fourth-order valence-electron chi connectivity index (χ4n) is 10.1. The molecule has 5 heterocycles. The maximum absolute atomic E-state index is 14.3. The lowest BCUT2D eigenvalue weighted by Gasteiger charge is -2.31. The summed E-state index contributed by atoms with van der Waals surface area (Å²) < 4.78 is 32.9. The van der Waals surface area contributed by atoms with Gasteiger partial charge in [-0.15, -0.1) is 0 Å². The number of methoxy groups -OCH3 is 5. The van der Waals surface area contributed by atoms with Gasteiger partial charge in [0.2, 0.25) is 11.8 Å². The summed E-state index contributed by atoms with van der Waals surface area (Å²) in [4.78, 5) is 73.5. The van der Waals surface area contributed by atoms with Crippen molar-refractivity contribution in [3.05, 3.63) is 65.9 Å². The number of imidazole rings is 2. The highest BCUT2D eigenvalue weighted by Crippen LogP contribution is 2.44. The minimum absolute atomic E-state index is 0.0510. The number of carbonyl (C=O) groups is 4. The standard InChI is InChI=1S/C48H60N8O10/c1-9-37(62-5)41(53-47(59)64-7)45(57)55-21-25(3)15-35(55)43-49-20-34(51-43)28-11-13-30-29(17-28)24-66-39-19-31-27(18-32(30)39)12-14-33-40(31)52-44(50-33)36-16-26(23-61-4)22-56(36)46(58)42(38(10-2)63-6)54-48(60)65-8/h11-14,17-20,25-26,35-38,41-42H,9-10,15-16,21-24H2,1-8H3,(H,49,51)(H,50,52)(H,53,59)(H,54,60)/t25-,26-,35-,36-,37+,38+,41-,42-/m0/s1. The van der Waals surface area contributed by atoms with Crippen LogP contribution in [0.15, 0.2) is 48.7 Å². The smallest absolute Gasteiger partial charge is 0.407 e. The summed E-state index contributed by atoms with van der Waals surface area (Å²) in [5.41, 5.74) is 6.36. The first kappa shape index (κ1) is 46.3. The van der Waals surface area contributed by atoms with Crippen LogP contribution in [0.1, 0.15) is 75.8 Å². The Hall–Kier alpha value is -6.24. The number of hydrogen-bond acceptors (Lipinski definition) is 12. The minimum atomic E-state index is -0.960. The highest BCUT2D eigenvalue weighted by Gasteiger charge is 2.44. The van der Waals surface area contributed by atoms with Crippen molar-refractivity contribution in [1.29, 1.82) is 0 Å². The third kappa shape index (κ3) is 8.88. The number of amides is 4. The van der Waals surface area contributed by atoms with Crippen LogP contribution in [0.5, 0.6) is 5.75 Å². The van der Waals surface area contributed by atoms with E-state index in [0.29, 0.717) is 63.6 Å². The fourth-order valence-corrected chi connectivity index (χ4v) is 10.1. The molecule has 18 nitrogen and oxygen atoms in total. The van der Waals surface area contributed by atoms with Crippen molar-refractivity contribution in [2.45, 2.75) is 89.4 Å². The van der Waals surface area contributed by atoms with Gasteiger partial charge < -0.3 is 58.8 Å². The van der Waals surface area contributed by atoms with E-state index in [-0.39, 0.29) is 29.7 Å². The number of rotatable bonds is 15. The molecule has 0 bridgehead atoms. The van der Waals surface area contributed by atoms with Gasteiger partial charge >= 0.3 is 12.2 Å². The molecule has 352 valence electrons. The first-order chi connectivity index (χ1) is 31.9. The van der Waals surface area contributed by atoms with Gasteiger partial charge in [-0.1, -0.05) is 39.0 Å². The second-order valence-corrected chi connectivity index (χ2v) is 17.5. The van der Waals surface area contributed by atoms with Crippen molar-refractivity contribution in [2.24, 2.45) is 11.8 Å². The summed E-state index contributed by atoms with van der Waals surface area (Å²) in [5, 5.41) is 7.33. The van der Waals surface area contributed by atoms with E-state index in [1.54, 1.807) is 23.1 Å². The van der Waals surface area contributed by atoms with Crippen LogP contribution in [0.2, 0.25) is 0 Å². The van der Waals surface area contributed by atoms with Gasteiger partial charge in [0.1, 0.15) is 36.1 Å². The number of nitrogens with one attached hydrogen (secondary N) is 4. The molecule has 4 amide bonds. The molecule has 18 heteroatoms. The van der Waals surface area contributed by atoms with E-state index in [4.69, 9.17) is 38.4 Å². The van der Waals surface area contributed by atoms with Gasteiger partial charge in [0, 0.05) is 51.3 Å². The Balaban J connectivity index is 1.05. The molecule has 3 aliphatic heterocycles. The van der Waals surface area contributed by atoms with Crippen LogP contribution in [-0.2, 0) is 39.9 Å². The topological polar surface area (TPSA) is 212 Å². The Morgan fingerprint density at radius 2 is 1.47 bits per heavy atom. The van der Waals surface area contributed by atoms with E-state index in [2.05, 4.69) is 57.9 Å². The predicted octanol–water partition coefficient (Wildman–Crippen LogP) is 6.41. The summed E-state index contributed by atoms with van der Waals surface area (Å²) in [6, 6.07) is 11.9. The monoisotopic (exact) mass is 908 g/mol. The summed E-state index contributed by atoms with van der Waals surface area (Å²) in [6.45, 7) is 7.65. The number of likely N-dealkylation sites (tertiary alicyclic amines) is 2. The summed E-state index contributed by atoms with van der Waals surface area (Å²) in [7, 11) is 7.23. The van der Waals surface area contributed by atoms with Crippen molar-refractivity contribution in [2.75, 3.05) is 55.2 Å². The van der Waals surface area contributed by atoms with Gasteiger partial charge in [-0.05, 0) is 77.9 Å². The van der Waals surface area contributed by atoms with Crippen LogP contribution < -0.4 is 15.4 Å². The number of aromatic amines is 2. The van der Waals surface area contributed by atoms with Gasteiger partial charge in [0.15, 0.2) is 0 Å². The molecule has 0 radical (unpaired) electrons. The van der Waals surface area contributed by atoms with Crippen LogP contribution >= 0.6 is 0 Å². The Kier molecular flexibility index (Phi) is 13.8. The average Bonchev–Trinajstić information content (AvgIpc) is 4.16. The van der Waals surface area contributed by atoms with Gasteiger partial charge in [-0.2, -0.15) is 0 Å². The molecule has 4 N–H and O–H groups in total. The highest BCUT2D eigenvalue weighted by molar-refractivity contribution is 6.07. The summed E-state index contributed by atoms with van der Waals surface area (Å²) >= 11 is 0. The molecular weight excluding hydrogens is 849 g/mol. The first-order valence-electron chi connectivity index (χ1n) is 22.6. The number of hydrogen-bond donors (Lipinski definition) is 4. The molecule has 2 fully saturated rings. The zero-order valence-electron chi connectivity index (χ0n) is 38.8. The second kappa shape index (κ2) is 19.7. The van der Waals surface area contributed by atoms with E-state index >= 15 is 0 Å². The number of carbonyl (C=O) groups excluding carboxylic acids is 4. The number of benzene rings is 3. The van der Waals surface area contributed by atoms with Crippen LogP contribution in [0.3, 0.4) is 0 Å². The van der Waals surface area contributed by atoms with Crippen molar-refractivity contribution >= 4 is 45.8 Å². The molecule has 8 rings (SSSR count). The highest BCUT2D eigenvalue weighted by atomic mass is 16.5. The minimum Gasteiger partial charge on any atom is -0.488 e. The third-order valence-electron chi connectivity index (χ3n) is 13.4. The fraction of sp³-hybridized carbons (Fsp3) is 0.500. The Labute approximate surface area is 383 Å². The second-order valence-electron chi connectivity index (χ2n) is 17.5. The molecule has 2 saturated heterocycles. The van der Waals surface area contributed by atoms with Crippen LogP contribution in [0.25, 0.3) is 44.2 Å². The van der Waals surface area contributed by atoms with Gasteiger partial charge in [0.25, 0.3) is 0 Å². The largest absolute Gasteiger partial charge is 0.488 e. The normalized spacial score (nSPS) is 20.8. The van der Waals surface area contributed by atoms with Gasteiger partial charge in [-0.25, -0.2) is 19.6 Å². The molecule has 8 atom stereocenters. The molecule has 3 aliphatic rings. The number of nitrogens with zero attached hydrogens (tertiary/aromatic N) is 4. The molecule has 0 saturated carbocycles. The Morgan fingerprint density at radius 1 is 0.803 bits per heavy atom. The Morgan fingerprint density at radius 3 is 2.11 bits per heavy atom. The van der Waals surface area contributed by atoms with E-state index in [9.17, 15) is 19.2 Å². The van der Waals surface area contributed by atoms with Crippen molar-refractivity contribution in [3.63, 3.8) is 0 Å². The average molecular weight is 909 g/mol. The summed E-state index contributed by atoms with van der Waals surface area (Å²) in [5.74, 6) is 1.79. The molecule has 3 aromatic carbocycles. The third-order valence-corrected chi connectivity index (χ3v) is 13.4. The van der Waals surface area contributed by atoms with E-state index in [1.807, 2.05) is 26.0 Å². The lowest BCUT2D eigenvalue weighted by molar-refractivity contribution is -0.139. The summed E-state index contributed by atoms with van der Waals surface area (Å²) in [6.07, 6.45) is 1.63. The molecule has 5 aromatic rings. The number of ether oxygens (including phenoxy) is 6. The molecule has 66 heavy (non-hydrogen) atoms. The molecule has 0 aliphatic carbocycles. The van der Waals surface area contributed by atoms with Crippen LogP contribution in [0.4, 0.5) is 9.59 Å². The zero-order chi connectivity index (χ0) is 46.8. The number of aromatic nitrogens is 4. The number of alkyl carbamates (subject to hydrolysis) is 2. The van der Waals surface area contributed by atoms with Crippen molar-refractivity contribution in [1.82, 2.24) is 40.4 Å². The number of H-pyrrole nitrogens is 2. The lowest BCUT2D eigenvalue weighted by atomic mass is 9.92. The van der Waals surface area contributed by atoms with E-state index < -0.39 is 42.5 Å². The predicted molar refractivity (Wildman–Crippen MR) is 244 cm³/mol. The van der Waals surface area contributed by atoms with E-state index in [1.165, 1.54) is 28.4 Å². The maximum Gasteiger partial charge on any atom is 0.407 e. The molecular formula is C48H60N8O10. The van der Waals surface area contributed by atoms with Gasteiger partial charge in [0.05, 0.1) is 68.0 Å². The van der Waals surface area contributed by atoms with Crippen molar-refractivity contribution in [3.8, 4) is 28.1 Å². The Bertz CT molecular complexity index is 2590. The quantitative estimate of drug-likeness (QED) is 0.0898. The first-order valence-corrected chi connectivity index (χ1v) is 22.6. The molecule has 0 unspecified atom stereocenters.